The number of ether oxygens (including phenoxy) is 2. The molecular weight excluding hydrogens is 489 g/mol. The van der Waals surface area contributed by atoms with Crippen LogP contribution >= 0.6 is 0 Å². The van der Waals surface area contributed by atoms with E-state index in [1.807, 2.05) is 0 Å². The molecule has 1 saturated heterocycles. The molecule has 0 N–H and O–H groups in total. The molecule has 1 aliphatic rings. The smallest absolute Gasteiger partial charge is 0.173 e. The van der Waals surface area contributed by atoms with E-state index >= 15 is 0 Å². The van der Waals surface area contributed by atoms with Gasteiger partial charge in [0.2, 0.25) is 0 Å². The third-order valence-electron chi connectivity index (χ3n) is 6.09. The van der Waals surface area contributed by atoms with Crippen LogP contribution in [0.4, 0.5) is 0 Å². The monoisotopic (exact) mass is 540 g/mol. The van der Waals surface area contributed by atoms with Crippen molar-refractivity contribution < 1.29 is 21.8 Å². The maximum atomic E-state index is 6.91. The average molecular weight is 541 g/mol. The molecule has 1 aliphatic heterocycles. The van der Waals surface area contributed by atoms with Gasteiger partial charge in [0, 0.05) is 6.61 Å². The summed E-state index contributed by atoms with van der Waals surface area (Å²) in [5, 5.41) is 0. The summed E-state index contributed by atoms with van der Waals surface area (Å²) in [5.41, 5.74) is 0. The molecule has 0 aromatic heterocycles. The number of rotatable bonds is 17. The largest absolute Gasteiger partial charge is 0.463 e. The van der Waals surface area contributed by atoms with E-state index in [4.69, 9.17) is 21.8 Å². The van der Waals surface area contributed by atoms with Crippen molar-refractivity contribution in [2.24, 2.45) is 0 Å². The van der Waals surface area contributed by atoms with Crippen molar-refractivity contribution in [3.63, 3.8) is 0 Å². The van der Waals surface area contributed by atoms with E-state index < -0.39 is 41.6 Å². The molecule has 0 aromatic rings. The second-order valence-electron chi connectivity index (χ2n) is 12.3. The molecule has 1 unspecified atom stereocenters. The minimum atomic E-state index is -1.69. The highest BCUT2D eigenvalue weighted by Crippen LogP contribution is 2.30. The van der Waals surface area contributed by atoms with Gasteiger partial charge in [0.05, 0.1) is 13.2 Å². The molecule has 1 fully saturated rings. The van der Waals surface area contributed by atoms with Crippen molar-refractivity contribution >= 4 is 52.1 Å². The minimum Gasteiger partial charge on any atom is -0.463 e. The Kier molecular flexibility index (Phi) is 11.8. The Balaban J connectivity index is 2.41. The lowest BCUT2D eigenvalue weighted by atomic mass is 10.5. The summed E-state index contributed by atoms with van der Waals surface area (Å²) in [6.45, 7) is 26.4. The fraction of sp³-hybridized carbons (Fsp3) is 1.00. The predicted octanol–water partition coefficient (Wildman–Crippen LogP) is 5.15. The average Bonchev–Trinajstić information content (AvgIpc) is 3.41. The van der Waals surface area contributed by atoms with Crippen LogP contribution in [0.5, 0.6) is 0 Å². The summed E-state index contributed by atoms with van der Waals surface area (Å²) in [6, 6.07) is 6.08. The summed E-state index contributed by atoms with van der Waals surface area (Å²) in [6.07, 6.45) is 1.47. The van der Waals surface area contributed by atoms with Crippen molar-refractivity contribution in [2.75, 3.05) is 19.8 Å². The molecule has 1 atom stereocenters. The van der Waals surface area contributed by atoms with E-state index in [2.05, 4.69) is 65.5 Å². The van der Waals surface area contributed by atoms with Crippen molar-refractivity contribution in [3.8, 4) is 0 Å². The molecule has 31 heavy (non-hydrogen) atoms. The Morgan fingerprint density at radius 3 is 1.45 bits per heavy atom. The van der Waals surface area contributed by atoms with Crippen LogP contribution in [0.15, 0.2) is 0 Å². The highest BCUT2D eigenvalue weighted by Gasteiger charge is 2.38. The molecule has 5 nitrogen and oxygen atoms in total. The second-order valence-corrected chi connectivity index (χ2v) is 35.7. The van der Waals surface area contributed by atoms with E-state index in [0.717, 1.165) is 36.7 Å². The third-order valence-corrected chi connectivity index (χ3v) is 27.7. The first kappa shape index (κ1) is 30.1. The Morgan fingerprint density at radius 1 is 0.677 bits per heavy atom. The van der Waals surface area contributed by atoms with E-state index in [9.17, 15) is 0 Å². The molecular formula is C20H52O5Si6. The maximum absolute atomic E-state index is 6.91. The standard InChI is InChI=1S/C20H52O5Si6/c1-27(2,23-26)14-15-29(5,6)25-31(9,10)17-16-30(7,8)24-28(3,4)13-11-12-21-18-20-19-22-20/h20H,11-19H2,1-10,26H3. The maximum Gasteiger partial charge on any atom is 0.173 e. The van der Waals surface area contributed by atoms with Crippen LogP contribution in [-0.2, 0) is 21.8 Å². The van der Waals surface area contributed by atoms with Crippen LogP contribution in [-0.4, -0.2) is 78.0 Å². The van der Waals surface area contributed by atoms with Crippen molar-refractivity contribution in [1.29, 1.82) is 0 Å². The zero-order chi connectivity index (χ0) is 24.0. The van der Waals surface area contributed by atoms with Crippen LogP contribution in [0.1, 0.15) is 6.42 Å². The quantitative estimate of drug-likeness (QED) is 0.145. The molecule has 0 amide bonds. The summed E-state index contributed by atoms with van der Waals surface area (Å²) in [4.78, 5) is 0. The van der Waals surface area contributed by atoms with Gasteiger partial charge in [0.25, 0.3) is 0 Å². The number of epoxide rings is 1. The lowest BCUT2D eigenvalue weighted by Gasteiger charge is -2.39. The van der Waals surface area contributed by atoms with Crippen LogP contribution in [0.2, 0.25) is 95.7 Å². The van der Waals surface area contributed by atoms with Gasteiger partial charge in [-0.25, -0.2) is 0 Å². The van der Waals surface area contributed by atoms with E-state index in [0.29, 0.717) is 6.10 Å². The molecule has 0 bridgehead atoms. The first-order valence-corrected chi connectivity index (χ1v) is 28.5. The molecule has 186 valence electrons. The summed E-state index contributed by atoms with van der Waals surface area (Å²) < 4.78 is 30.6. The van der Waals surface area contributed by atoms with Crippen LogP contribution < -0.4 is 0 Å². The SMILES string of the molecule is C[Si](C)(CC[Si](C)(C)O[Si](C)(C)CC[Si](C)(C)O[Si](C)(C)CCCOCC1CO1)O[SiH3]. The molecule has 1 rings (SSSR count). The lowest BCUT2D eigenvalue weighted by molar-refractivity contribution is 0.116. The highest BCUT2D eigenvalue weighted by molar-refractivity contribution is 6.88. The van der Waals surface area contributed by atoms with Crippen molar-refractivity contribution in [2.45, 2.75) is 108 Å². The molecule has 0 saturated carbocycles. The topological polar surface area (TPSA) is 49.5 Å². The second kappa shape index (κ2) is 12.2. The number of hydrogen-bond donors (Lipinski definition) is 0. The molecule has 11 heteroatoms. The zero-order valence-corrected chi connectivity index (χ0v) is 29.5. The van der Waals surface area contributed by atoms with Gasteiger partial charge >= 0.3 is 0 Å². The van der Waals surface area contributed by atoms with Gasteiger partial charge in [-0.2, -0.15) is 0 Å². The van der Waals surface area contributed by atoms with Crippen molar-refractivity contribution in [3.05, 3.63) is 0 Å². The summed E-state index contributed by atoms with van der Waals surface area (Å²) in [5.74, 6) is 0. The minimum absolute atomic E-state index is 0.367. The lowest BCUT2D eigenvalue weighted by Crippen LogP contribution is -2.48. The number of hydrogen-bond acceptors (Lipinski definition) is 5. The summed E-state index contributed by atoms with van der Waals surface area (Å²) in [7, 11) is -7.27. The Bertz CT molecular complexity index is 538. The zero-order valence-electron chi connectivity index (χ0n) is 22.5. The van der Waals surface area contributed by atoms with E-state index in [1.54, 1.807) is 0 Å². The molecule has 0 aliphatic carbocycles. The summed E-state index contributed by atoms with van der Waals surface area (Å²) >= 11 is 0. The Labute approximate surface area is 201 Å². The Morgan fingerprint density at radius 2 is 1.06 bits per heavy atom. The van der Waals surface area contributed by atoms with E-state index in [1.165, 1.54) is 30.2 Å². The van der Waals surface area contributed by atoms with Gasteiger partial charge in [0.1, 0.15) is 16.6 Å². The van der Waals surface area contributed by atoms with E-state index in [-0.39, 0.29) is 0 Å². The van der Waals surface area contributed by atoms with Crippen LogP contribution in [0.25, 0.3) is 0 Å². The van der Waals surface area contributed by atoms with Gasteiger partial charge in [-0.3, -0.25) is 0 Å². The molecule has 0 radical (unpaired) electrons. The highest BCUT2D eigenvalue weighted by atomic mass is 28.4. The fourth-order valence-corrected chi connectivity index (χ4v) is 29.0. The normalized spacial score (nSPS) is 18.6. The van der Waals surface area contributed by atoms with Gasteiger partial charge in [-0.1, -0.05) is 0 Å². The molecule has 0 aromatic carbocycles. The molecule has 1 heterocycles. The van der Waals surface area contributed by atoms with Crippen LogP contribution in [0.3, 0.4) is 0 Å². The predicted molar refractivity (Wildman–Crippen MR) is 150 cm³/mol. The Hall–Kier alpha value is 1.10. The van der Waals surface area contributed by atoms with Gasteiger partial charge in [-0.05, 0) is 102 Å². The van der Waals surface area contributed by atoms with Crippen LogP contribution in [0, 0.1) is 0 Å². The molecule has 0 spiro atoms. The third kappa shape index (κ3) is 14.9. The van der Waals surface area contributed by atoms with Gasteiger partial charge in [0.15, 0.2) is 41.6 Å². The fourth-order valence-electron chi connectivity index (χ4n) is 3.99. The van der Waals surface area contributed by atoms with Gasteiger partial charge < -0.3 is 21.8 Å². The van der Waals surface area contributed by atoms with Gasteiger partial charge in [-0.15, -0.1) is 0 Å². The van der Waals surface area contributed by atoms with Crippen molar-refractivity contribution in [1.82, 2.24) is 0 Å². The first-order chi connectivity index (χ1) is 14.0. The first-order valence-electron chi connectivity index (χ1n) is 12.1.